The van der Waals surface area contributed by atoms with Crippen molar-refractivity contribution in [1.82, 2.24) is 20.0 Å². The lowest BCUT2D eigenvalue weighted by molar-refractivity contribution is -0.0164. The molecule has 0 unspecified atom stereocenters. The molecule has 2 aromatic carbocycles. The number of carbonyl (C=O) groups excluding carboxylic acids is 1. The molecule has 2 aliphatic rings. The van der Waals surface area contributed by atoms with Gasteiger partial charge in [0, 0.05) is 49.1 Å². The highest BCUT2D eigenvalue weighted by Gasteiger charge is 2.46. The Morgan fingerprint density at radius 2 is 1.84 bits per heavy atom. The number of likely N-dealkylation sites (tertiary alicyclic amines) is 1. The van der Waals surface area contributed by atoms with Crippen LogP contribution in [0.1, 0.15) is 57.6 Å². The fourth-order valence-electron chi connectivity index (χ4n) is 5.68. The standard InChI is InChI=1S/C30H36F2N4O2/c1-20-7-5-6-8-24(20)27-21(19-36(34-27)26-10-9-22(31)15-25(26)32)18-33-23-16-30(17-23)11-13-35(14-12-30)28(37)38-29(2,3)4/h5-10,15,19,23,33H,11-14,16-18H2,1-4H3. The van der Waals surface area contributed by atoms with Crippen molar-refractivity contribution in [3.63, 3.8) is 0 Å². The molecule has 1 N–H and O–H groups in total. The molecule has 1 amide bonds. The minimum absolute atomic E-state index is 0.215. The number of nitrogens with one attached hydrogen (secondary N) is 1. The summed E-state index contributed by atoms with van der Waals surface area (Å²) < 4.78 is 35.1. The molecule has 2 fully saturated rings. The van der Waals surface area contributed by atoms with E-state index in [0.29, 0.717) is 12.6 Å². The third kappa shape index (κ3) is 5.60. The Morgan fingerprint density at radius 1 is 1.13 bits per heavy atom. The van der Waals surface area contributed by atoms with Gasteiger partial charge in [-0.2, -0.15) is 5.10 Å². The van der Waals surface area contributed by atoms with Gasteiger partial charge in [-0.1, -0.05) is 24.3 Å². The van der Waals surface area contributed by atoms with E-state index in [1.54, 1.807) is 0 Å². The first-order valence-corrected chi connectivity index (χ1v) is 13.3. The average Bonchev–Trinajstić information content (AvgIpc) is 3.24. The van der Waals surface area contributed by atoms with Gasteiger partial charge in [-0.3, -0.25) is 0 Å². The second kappa shape index (κ2) is 10.1. The van der Waals surface area contributed by atoms with Crippen LogP contribution < -0.4 is 5.32 Å². The van der Waals surface area contributed by atoms with Crippen molar-refractivity contribution in [1.29, 1.82) is 0 Å². The minimum Gasteiger partial charge on any atom is -0.444 e. The van der Waals surface area contributed by atoms with Crippen molar-refractivity contribution in [3.05, 3.63) is 71.4 Å². The number of benzene rings is 2. The molecule has 6 nitrogen and oxygen atoms in total. The number of hydrogen-bond donors (Lipinski definition) is 1. The van der Waals surface area contributed by atoms with Gasteiger partial charge in [-0.25, -0.2) is 18.3 Å². The number of carbonyl (C=O) groups is 1. The fourth-order valence-corrected chi connectivity index (χ4v) is 5.68. The van der Waals surface area contributed by atoms with Crippen LogP contribution in [0.25, 0.3) is 16.9 Å². The van der Waals surface area contributed by atoms with E-state index in [2.05, 4.69) is 5.32 Å². The average molecular weight is 523 g/mol. The monoisotopic (exact) mass is 522 g/mol. The van der Waals surface area contributed by atoms with Gasteiger partial charge >= 0.3 is 6.09 Å². The molecule has 1 aliphatic carbocycles. The number of hydrogen-bond acceptors (Lipinski definition) is 4. The van der Waals surface area contributed by atoms with E-state index < -0.39 is 17.2 Å². The number of nitrogens with zero attached hydrogens (tertiary/aromatic N) is 3. The number of piperidine rings is 1. The largest absolute Gasteiger partial charge is 0.444 e. The SMILES string of the molecule is Cc1ccccc1-c1nn(-c2ccc(F)cc2F)cc1CNC1CC2(CCN(C(=O)OC(C)(C)C)CC2)C1. The summed E-state index contributed by atoms with van der Waals surface area (Å²) in [7, 11) is 0. The lowest BCUT2D eigenvalue weighted by Gasteiger charge is -2.52. The molecule has 3 aromatic rings. The van der Waals surface area contributed by atoms with E-state index in [0.717, 1.165) is 67.2 Å². The molecule has 5 rings (SSSR count). The first-order chi connectivity index (χ1) is 18.0. The summed E-state index contributed by atoms with van der Waals surface area (Å²) in [6.45, 7) is 9.76. The maximum absolute atomic E-state index is 14.5. The van der Waals surface area contributed by atoms with Crippen LogP contribution in [0.2, 0.25) is 0 Å². The third-order valence-electron chi connectivity index (χ3n) is 7.76. The quantitative estimate of drug-likeness (QED) is 0.422. The Morgan fingerprint density at radius 3 is 2.50 bits per heavy atom. The van der Waals surface area contributed by atoms with Crippen LogP contribution in [0.4, 0.5) is 13.6 Å². The number of rotatable bonds is 5. The molecule has 1 saturated heterocycles. The number of amides is 1. The summed E-state index contributed by atoms with van der Waals surface area (Å²) in [5, 5.41) is 8.40. The summed E-state index contributed by atoms with van der Waals surface area (Å²) in [6, 6.07) is 11.9. The van der Waals surface area contributed by atoms with Crippen LogP contribution in [-0.4, -0.2) is 45.5 Å². The number of aromatic nitrogens is 2. The predicted octanol–water partition coefficient (Wildman–Crippen LogP) is 6.40. The molecule has 2 heterocycles. The smallest absolute Gasteiger partial charge is 0.410 e. The van der Waals surface area contributed by atoms with E-state index in [1.807, 2.05) is 63.1 Å². The highest BCUT2D eigenvalue weighted by molar-refractivity contribution is 5.68. The first kappa shape index (κ1) is 26.4. The van der Waals surface area contributed by atoms with Crippen LogP contribution in [-0.2, 0) is 11.3 Å². The molecule has 0 radical (unpaired) electrons. The predicted molar refractivity (Wildman–Crippen MR) is 143 cm³/mol. The molecule has 38 heavy (non-hydrogen) atoms. The highest BCUT2D eigenvalue weighted by atomic mass is 19.1. The van der Waals surface area contributed by atoms with E-state index in [-0.39, 0.29) is 17.2 Å². The van der Waals surface area contributed by atoms with E-state index in [4.69, 9.17) is 9.84 Å². The van der Waals surface area contributed by atoms with Crippen LogP contribution in [0.5, 0.6) is 0 Å². The Hall–Kier alpha value is -3.26. The fraction of sp³-hybridized carbons (Fsp3) is 0.467. The zero-order chi connectivity index (χ0) is 27.1. The number of halogens is 2. The van der Waals surface area contributed by atoms with E-state index >= 15 is 0 Å². The Bertz CT molecular complexity index is 1310. The Balaban J connectivity index is 1.25. The van der Waals surface area contributed by atoms with Crippen molar-refractivity contribution < 1.29 is 18.3 Å². The maximum atomic E-state index is 14.5. The molecule has 1 saturated carbocycles. The molecule has 1 aromatic heterocycles. The molecule has 0 atom stereocenters. The molecule has 202 valence electrons. The Kier molecular flexibility index (Phi) is 7.03. The normalized spacial score (nSPS) is 17.5. The van der Waals surface area contributed by atoms with Gasteiger partial charge in [0.2, 0.25) is 0 Å². The van der Waals surface area contributed by atoms with Crippen LogP contribution in [0.3, 0.4) is 0 Å². The van der Waals surface area contributed by atoms with Crippen molar-refractivity contribution in [2.24, 2.45) is 5.41 Å². The molecule has 8 heteroatoms. The second-order valence-electron chi connectivity index (χ2n) is 11.8. The third-order valence-corrected chi connectivity index (χ3v) is 7.76. The van der Waals surface area contributed by atoms with Gasteiger partial charge in [0.1, 0.15) is 17.1 Å². The zero-order valence-electron chi connectivity index (χ0n) is 22.6. The van der Waals surface area contributed by atoms with Crippen molar-refractivity contribution >= 4 is 6.09 Å². The van der Waals surface area contributed by atoms with Gasteiger partial charge in [0.05, 0.1) is 5.69 Å². The summed E-state index contributed by atoms with van der Waals surface area (Å²) in [6.07, 6.45) is 5.71. The van der Waals surface area contributed by atoms with Gasteiger partial charge in [0.15, 0.2) is 5.82 Å². The number of ether oxygens (including phenoxy) is 1. The number of aryl methyl sites for hydroxylation is 1. The van der Waals surface area contributed by atoms with Gasteiger partial charge < -0.3 is 15.0 Å². The van der Waals surface area contributed by atoms with Gasteiger partial charge in [-0.05, 0) is 76.5 Å². The van der Waals surface area contributed by atoms with Crippen molar-refractivity contribution in [3.8, 4) is 16.9 Å². The van der Waals surface area contributed by atoms with Crippen LogP contribution >= 0.6 is 0 Å². The molecule has 0 bridgehead atoms. The van der Waals surface area contributed by atoms with Crippen LogP contribution in [0.15, 0.2) is 48.7 Å². The summed E-state index contributed by atoms with van der Waals surface area (Å²) >= 11 is 0. The van der Waals surface area contributed by atoms with Gasteiger partial charge in [0.25, 0.3) is 0 Å². The molecule has 1 spiro atoms. The highest BCUT2D eigenvalue weighted by Crippen LogP contribution is 2.49. The zero-order valence-corrected chi connectivity index (χ0v) is 22.6. The molecular weight excluding hydrogens is 486 g/mol. The summed E-state index contributed by atoms with van der Waals surface area (Å²) in [5.41, 5.74) is 3.83. The maximum Gasteiger partial charge on any atom is 0.410 e. The van der Waals surface area contributed by atoms with E-state index in [9.17, 15) is 13.6 Å². The van der Waals surface area contributed by atoms with Gasteiger partial charge in [-0.15, -0.1) is 0 Å². The Labute approximate surface area is 223 Å². The first-order valence-electron chi connectivity index (χ1n) is 13.3. The molecular formula is C30H36F2N4O2. The summed E-state index contributed by atoms with van der Waals surface area (Å²) in [5.74, 6) is -1.27. The van der Waals surface area contributed by atoms with E-state index in [1.165, 1.54) is 16.8 Å². The van der Waals surface area contributed by atoms with Crippen LogP contribution in [0, 0.1) is 24.0 Å². The topological polar surface area (TPSA) is 59.4 Å². The summed E-state index contributed by atoms with van der Waals surface area (Å²) in [4.78, 5) is 14.2. The molecule has 1 aliphatic heterocycles. The lowest BCUT2D eigenvalue weighted by Crippen LogP contribution is -2.54. The second-order valence-corrected chi connectivity index (χ2v) is 11.8. The minimum atomic E-state index is -0.651. The van der Waals surface area contributed by atoms with Crippen molar-refractivity contribution in [2.75, 3.05) is 13.1 Å². The van der Waals surface area contributed by atoms with Crippen molar-refractivity contribution in [2.45, 2.75) is 71.6 Å². The lowest BCUT2D eigenvalue weighted by atomic mass is 9.60.